The number of ether oxygens (including phenoxy) is 2. The highest BCUT2D eigenvalue weighted by Gasteiger charge is 2.32. The Morgan fingerprint density at radius 1 is 0.956 bits per heavy atom. The quantitative estimate of drug-likeness (QED) is 0.173. The fraction of sp³-hybridized carbons (Fsp3) is 0.235. The molecule has 11 heteroatoms. The second kappa shape index (κ2) is 14.0. The molecule has 1 fully saturated rings. The van der Waals surface area contributed by atoms with E-state index >= 15 is 0 Å². The van der Waals surface area contributed by atoms with Crippen molar-refractivity contribution in [1.82, 2.24) is 25.5 Å². The third-order valence-corrected chi connectivity index (χ3v) is 8.64. The van der Waals surface area contributed by atoms with E-state index in [9.17, 15) is 15.0 Å². The number of benzene rings is 4. The number of aliphatic hydroxyl groups is 1. The topological polar surface area (TPSA) is 132 Å². The summed E-state index contributed by atoms with van der Waals surface area (Å²) in [4.78, 5) is 11.5. The van der Waals surface area contributed by atoms with Crippen LogP contribution in [0.15, 0.2) is 102 Å². The molecule has 0 bridgehead atoms. The van der Waals surface area contributed by atoms with Gasteiger partial charge >= 0.3 is 0 Å². The number of carbonyl (C=O) groups is 1. The SMILES string of the molecule is CC(=O)NCc1ccccc1-c1ccc([C@H]2O[C@@H](CSc3nnnn3-c3ccc(O)cc3)C[C@@H](c3ccc(CO)cc3)O2)cc1. The molecule has 3 N–H and O–H groups in total. The second-order valence-corrected chi connectivity index (χ2v) is 11.7. The van der Waals surface area contributed by atoms with Crippen molar-refractivity contribution in [2.24, 2.45) is 0 Å². The Labute approximate surface area is 265 Å². The van der Waals surface area contributed by atoms with Crippen molar-refractivity contribution in [3.8, 4) is 22.6 Å². The molecule has 5 aromatic rings. The van der Waals surface area contributed by atoms with Gasteiger partial charge in [-0.2, -0.15) is 4.68 Å². The highest BCUT2D eigenvalue weighted by Crippen LogP contribution is 2.40. The summed E-state index contributed by atoms with van der Waals surface area (Å²) in [6.07, 6.45) is -0.395. The lowest BCUT2D eigenvalue weighted by Crippen LogP contribution is -2.31. The predicted molar refractivity (Wildman–Crippen MR) is 169 cm³/mol. The number of aliphatic hydroxyl groups excluding tert-OH is 1. The highest BCUT2D eigenvalue weighted by atomic mass is 32.2. The van der Waals surface area contributed by atoms with Crippen LogP contribution < -0.4 is 5.32 Å². The van der Waals surface area contributed by atoms with Crippen LogP contribution in [-0.4, -0.2) is 48.2 Å². The van der Waals surface area contributed by atoms with Gasteiger partial charge < -0.3 is 25.0 Å². The van der Waals surface area contributed by atoms with Crippen LogP contribution in [-0.2, 0) is 27.4 Å². The highest BCUT2D eigenvalue weighted by molar-refractivity contribution is 7.99. The Bertz CT molecular complexity index is 1730. The average Bonchev–Trinajstić information content (AvgIpc) is 3.55. The first-order valence-electron chi connectivity index (χ1n) is 14.6. The number of nitrogens with zero attached hydrogens (tertiary/aromatic N) is 4. The maximum absolute atomic E-state index is 11.5. The number of carbonyl (C=O) groups excluding carboxylic acids is 1. The van der Waals surface area contributed by atoms with E-state index in [-0.39, 0.29) is 30.5 Å². The van der Waals surface area contributed by atoms with Crippen LogP contribution in [0.25, 0.3) is 16.8 Å². The van der Waals surface area contributed by atoms with Gasteiger partial charge in [-0.05, 0) is 62.5 Å². The van der Waals surface area contributed by atoms with Crippen molar-refractivity contribution < 1.29 is 24.5 Å². The van der Waals surface area contributed by atoms with Crippen molar-refractivity contribution in [1.29, 1.82) is 0 Å². The zero-order valence-corrected chi connectivity index (χ0v) is 25.4. The van der Waals surface area contributed by atoms with Crippen LogP contribution in [0.4, 0.5) is 0 Å². The van der Waals surface area contributed by atoms with Gasteiger partial charge in [-0.1, -0.05) is 84.6 Å². The molecule has 0 saturated carbocycles. The lowest BCUT2D eigenvalue weighted by molar-refractivity contribution is -0.245. The first-order chi connectivity index (χ1) is 22.0. The van der Waals surface area contributed by atoms with E-state index in [0.717, 1.165) is 39.1 Å². The van der Waals surface area contributed by atoms with E-state index in [1.54, 1.807) is 28.9 Å². The number of nitrogens with one attached hydrogen (secondary N) is 1. The fourth-order valence-corrected chi connectivity index (χ4v) is 6.12. The molecular weight excluding hydrogens is 590 g/mol. The summed E-state index contributed by atoms with van der Waals surface area (Å²) in [6, 6.07) is 30.6. The molecule has 45 heavy (non-hydrogen) atoms. The molecule has 10 nitrogen and oxygen atoms in total. The lowest BCUT2D eigenvalue weighted by atomic mass is 9.98. The van der Waals surface area contributed by atoms with Crippen LogP contribution in [0.1, 0.15) is 48.0 Å². The monoisotopic (exact) mass is 623 g/mol. The number of phenolic OH excluding ortho intramolecular Hbond substituents is 1. The maximum Gasteiger partial charge on any atom is 0.217 e. The van der Waals surface area contributed by atoms with Gasteiger partial charge in [-0.25, -0.2) is 0 Å². The third kappa shape index (κ3) is 7.40. The molecule has 4 aromatic carbocycles. The number of tetrazole rings is 1. The number of aromatic nitrogens is 4. The van der Waals surface area contributed by atoms with Crippen molar-refractivity contribution >= 4 is 17.7 Å². The Hall–Kier alpha value is -4.55. The third-order valence-electron chi connectivity index (χ3n) is 7.59. The van der Waals surface area contributed by atoms with E-state index in [1.807, 2.05) is 72.8 Å². The number of aromatic hydroxyl groups is 1. The molecule has 1 aliphatic heterocycles. The van der Waals surface area contributed by atoms with Crippen LogP contribution in [0, 0.1) is 0 Å². The lowest BCUT2D eigenvalue weighted by Gasteiger charge is -2.36. The van der Waals surface area contributed by atoms with Crippen LogP contribution in [0.3, 0.4) is 0 Å². The minimum atomic E-state index is -0.608. The number of hydrogen-bond acceptors (Lipinski definition) is 9. The molecule has 0 unspecified atom stereocenters. The summed E-state index contributed by atoms with van der Waals surface area (Å²) in [7, 11) is 0. The fourth-order valence-electron chi connectivity index (χ4n) is 5.21. The molecule has 3 atom stereocenters. The minimum Gasteiger partial charge on any atom is -0.508 e. The zero-order valence-electron chi connectivity index (χ0n) is 24.6. The molecule has 0 aliphatic carbocycles. The van der Waals surface area contributed by atoms with Gasteiger partial charge in [-0.3, -0.25) is 4.79 Å². The molecule has 0 spiro atoms. The number of amides is 1. The molecule has 230 valence electrons. The van der Waals surface area contributed by atoms with E-state index in [0.29, 0.717) is 23.9 Å². The van der Waals surface area contributed by atoms with Gasteiger partial charge in [-0.15, -0.1) is 5.10 Å². The Balaban J connectivity index is 1.22. The zero-order chi connectivity index (χ0) is 31.2. The first kappa shape index (κ1) is 30.5. The first-order valence-corrected chi connectivity index (χ1v) is 15.6. The predicted octanol–water partition coefficient (Wildman–Crippen LogP) is 5.50. The van der Waals surface area contributed by atoms with Gasteiger partial charge in [0.1, 0.15) is 5.75 Å². The molecule has 2 heterocycles. The van der Waals surface area contributed by atoms with Crippen LogP contribution >= 0.6 is 11.8 Å². The summed E-state index contributed by atoms with van der Waals surface area (Å²) >= 11 is 1.49. The van der Waals surface area contributed by atoms with E-state index in [4.69, 9.17) is 9.47 Å². The second-order valence-electron chi connectivity index (χ2n) is 10.7. The Morgan fingerprint density at radius 3 is 2.42 bits per heavy atom. The molecule has 1 aromatic heterocycles. The Morgan fingerprint density at radius 2 is 1.69 bits per heavy atom. The summed E-state index contributed by atoms with van der Waals surface area (Å²) in [5, 5.41) is 34.9. The molecule has 1 amide bonds. The standard InChI is InChI=1S/C34H33N5O5S/c1-22(41)35-19-27-4-2-3-5-31(27)24-10-12-26(13-11-24)33-43-30(18-32(44-33)25-8-6-23(20-40)7-9-25)21-45-34-36-37-38-39(34)28-14-16-29(42)17-15-28/h2-17,30,32-33,40,42H,18-21H2,1H3,(H,35,41)/t30-,32+,33+/m1/s1. The Kier molecular flexibility index (Phi) is 9.51. The van der Waals surface area contributed by atoms with Gasteiger partial charge in [0.2, 0.25) is 11.1 Å². The number of hydrogen-bond donors (Lipinski definition) is 3. The van der Waals surface area contributed by atoms with Gasteiger partial charge in [0, 0.05) is 31.2 Å². The molecule has 1 saturated heterocycles. The molecular formula is C34H33N5O5S. The van der Waals surface area contributed by atoms with Crippen molar-refractivity contribution in [2.45, 2.75) is 50.2 Å². The van der Waals surface area contributed by atoms with Crippen LogP contribution in [0.2, 0.25) is 0 Å². The number of phenols is 1. The van der Waals surface area contributed by atoms with Crippen LogP contribution in [0.5, 0.6) is 5.75 Å². The average molecular weight is 624 g/mol. The summed E-state index contributed by atoms with van der Waals surface area (Å²) in [5.74, 6) is 0.679. The van der Waals surface area contributed by atoms with Gasteiger partial charge in [0.05, 0.1) is 24.5 Å². The number of thioether (sulfide) groups is 1. The molecule has 6 rings (SSSR count). The van der Waals surface area contributed by atoms with E-state index in [2.05, 4.69) is 20.8 Å². The van der Waals surface area contributed by atoms with Crippen molar-refractivity contribution in [3.63, 3.8) is 0 Å². The van der Waals surface area contributed by atoms with E-state index in [1.165, 1.54) is 18.7 Å². The van der Waals surface area contributed by atoms with Crippen molar-refractivity contribution in [2.75, 3.05) is 5.75 Å². The summed E-state index contributed by atoms with van der Waals surface area (Å²) in [6.45, 7) is 1.94. The molecule has 0 radical (unpaired) electrons. The van der Waals surface area contributed by atoms with Crippen molar-refractivity contribution in [3.05, 3.63) is 119 Å². The smallest absolute Gasteiger partial charge is 0.217 e. The summed E-state index contributed by atoms with van der Waals surface area (Å²) < 4.78 is 14.7. The minimum absolute atomic E-state index is 0.0210. The number of rotatable bonds is 10. The van der Waals surface area contributed by atoms with Gasteiger partial charge in [0.15, 0.2) is 6.29 Å². The summed E-state index contributed by atoms with van der Waals surface area (Å²) in [5.41, 5.74) is 6.58. The van der Waals surface area contributed by atoms with E-state index < -0.39 is 6.29 Å². The van der Waals surface area contributed by atoms with Gasteiger partial charge in [0.25, 0.3) is 0 Å². The maximum atomic E-state index is 11.5. The molecule has 1 aliphatic rings. The largest absolute Gasteiger partial charge is 0.508 e. The normalized spacial score (nSPS) is 18.0.